The van der Waals surface area contributed by atoms with Gasteiger partial charge >= 0.3 is 5.97 Å². The lowest BCUT2D eigenvalue weighted by Crippen LogP contribution is -2.06. The maximum atomic E-state index is 13.5. The Morgan fingerprint density at radius 3 is 2.55 bits per heavy atom. The lowest BCUT2D eigenvalue weighted by Gasteiger charge is -2.03. The van der Waals surface area contributed by atoms with E-state index in [0.29, 0.717) is 27.9 Å². The van der Waals surface area contributed by atoms with Crippen molar-refractivity contribution in [3.05, 3.63) is 114 Å². The van der Waals surface area contributed by atoms with Crippen LogP contribution in [0.5, 0.6) is 0 Å². The van der Waals surface area contributed by atoms with Gasteiger partial charge in [0.25, 0.3) is 0 Å². The van der Waals surface area contributed by atoms with Gasteiger partial charge in [0.15, 0.2) is 11.6 Å². The molecule has 0 spiro atoms. The first kappa shape index (κ1) is 24.2. The zero-order chi connectivity index (χ0) is 26.5. The molecule has 5 rings (SSSR count). The SMILES string of the molecule is N#C/C(=C(/O)COC(=O)/C=C/c1cn(-c2ccccc2)nc1-c1ccc(F)cc1)c1nc2ccccc2[nH]1. The van der Waals surface area contributed by atoms with Gasteiger partial charge in [-0.15, -0.1) is 0 Å². The molecule has 0 atom stereocenters. The number of esters is 1. The van der Waals surface area contributed by atoms with Crippen LogP contribution in [0.25, 0.3) is 39.6 Å². The minimum Gasteiger partial charge on any atom is -0.507 e. The molecule has 2 N–H and O–H groups in total. The number of halogens is 1. The van der Waals surface area contributed by atoms with Crippen molar-refractivity contribution in [1.82, 2.24) is 19.7 Å². The second-order valence-corrected chi connectivity index (χ2v) is 8.20. The number of nitrogens with one attached hydrogen (secondary N) is 1. The number of aromatic amines is 1. The molecule has 0 aliphatic heterocycles. The minimum atomic E-state index is -0.740. The third-order valence-electron chi connectivity index (χ3n) is 5.66. The van der Waals surface area contributed by atoms with Crippen molar-refractivity contribution in [3.63, 3.8) is 0 Å². The molecule has 0 saturated heterocycles. The quantitative estimate of drug-likeness (QED) is 0.129. The molecule has 0 amide bonds. The lowest BCUT2D eigenvalue weighted by atomic mass is 10.1. The molecule has 2 aromatic heterocycles. The van der Waals surface area contributed by atoms with E-state index in [4.69, 9.17) is 4.74 Å². The third-order valence-corrected chi connectivity index (χ3v) is 5.66. The molecule has 0 saturated carbocycles. The maximum Gasteiger partial charge on any atom is 0.331 e. The summed E-state index contributed by atoms with van der Waals surface area (Å²) in [6.07, 6.45) is 4.46. The number of aliphatic hydroxyl groups excluding tert-OH is 1. The van der Waals surface area contributed by atoms with Crippen LogP contribution in [0.15, 0.2) is 96.9 Å². The van der Waals surface area contributed by atoms with Crippen LogP contribution in [0.2, 0.25) is 0 Å². The van der Waals surface area contributed by atoms with E-state index in [2.05, 4.69) is 15.1 Å². The summed E-state index contributed by atoms with van der Waals surface area (Å²) in [7, 11) is 0. The Balaban J connectivity index is 1.35. The Kier molecular flexibility index (Phi) is 6.78. The summed E-state index contributed by atoms with van der Waals surface area (Å²) < 4.78 is 20.3. The summed E-state index contributed by atoms with van der Waals surface area (Å²) in [5, 5.41) is 24.6. The highest BCUT2D eigenvalue weighted by molar-refractivity contribution is 5.89. The number of allylic oxidation sites excluding steroid dienone is 1. The van der Waals surface area contributed by atoms with Crippen LogP contribution in [0.4, 0.5) is 4.39 Å². The number of nitrogens with zero attached hydrogens (tertiary/aromatic N) is 4. The molecule has 0 fully saturated rings. The summed E-state index contributed by atoms with van der Waals surface area (Å²) in [4.78, 5) is 19.7. The monoisotopic (exact) mass is 505 g/mol. The molecule has 2 heterocycles. The number of benzene rings is 3. The first-order chi connectivity index (χ1) is 18.5. The third kappa shape index (κ3) is 5.20. The van der Waals surface area contributed by atoms with E-state index in [-0.39, 0.29) is 17.2 Å². The highest BCUT2D eigenvalue weighted by Gasteiger charge is 2.15. The standard InChI is InChI=1S/C29H20FN5O3/c30-21-13-10-19(11-14-21)28-20(17-35(34-28)22-6-2-1-3-7-22)12-15-27(37)38-18-26(36)23(16-31)29-32-24-8-4-5-9-25(24)33-29/h1-15,17,36H,18H2,(H,32,33)/b15-12+,26-23-. The second-order valence-electron chi connectivity index (χ2n) is 8.20. The fourth-order valence-electron chi connectivity index (χ4n) is 3.80. The van der Waals surface area contributed by atoms with Crippen LogP contribution in [-0.4, -0.2) is 37.4 Å². The molecule has 9 heteroatoms. The zero-order valence-electron chi connectivity index (χ0n) is 19.9. The Morgan fingerprint density at radius 2 is 1.82 bits per heavy atom. The Hall–Kier alpha value is -5.49. The number of rotatable bonds is 7. The summed E-state index contributed by atoms with van der Waals surface area (Å²) in [5.41, 5.74) is 3.82. The number of carbonyl (C=O) groups excluding carboxylic acids is 1. The first-order valence-corrected chi connectivity index (χ1v) is 11.5. The molecule has 0 aliphatic carbocycles. The van der Waals surface area contributed by atoms with Crippen molar-refractivity contribution in [2.45, 2.75) is 0 Å². The van der Waals surface area contributed by atoms with E-state index in [1.54, 1.807) is 35.1 Å². The highest BCUT2D eigenvalue weighted by atomic mass is 19.1. The fraction of sp³-hybridized carbons (Fsp3) is 0.0345. The van der Waals surface area contributed by atoms with Crippen molar-refractivity contribution < 1.29 is 19.0 Å². The van der Waals surface area contributed by atoms with Crippen LogP contribution in [0.1, 0.15) is 11.4 Å². The molecule has 0 radical (unpaired) electrons. The van der Waals surface area contributed by atoms with E-state index < -0.39 is 18.3 Å². The summed E-state index contributed by atoms with van der Waals surface area (Å²) >= 11 is 0. The van der Waals surface area contributed by atoms with E-state index in [9.17, 15) is 19.6 Å². The van der Waals surface area contributed by atoms with Gasteiger partial charge in [0.2, 0.25) is 0 Å². The average molecular weight is 506 g/mol. The van der Waals surface area contributed by atoms with Gasteiger partial charge in [0.05, 0.1) is 22.4 Å². The van der Waals surface area contributed by atoms with Gasteiger partial charge in [-0.25, -0.2) is 18.9 Å². The summed E-state index contributed by atoms with van der Waals surface area (Å²) in [5.74, 6) is -1.37. The smallest absolute Gasteiger partial charge is 0.331 e. The van der Waals surface area contributed by atoms with Crippen LogP contribution in [-0.2, 0) is 9.53 Å². The van der Waals surface area contributed by atoms with Crippen molar-refractivity contribution in [3.8, 4) is 23.0 Å². The molecule has 5 aromatic rings. The molecule has 0 bridgehead atoms. The molecular weight excluding hydrogens is 485 g/mol. The van der Waals surface area contributed by atoms with E-state index in [1.165, 1.54) is 24.3 Å². The van der Waals surface area contributed by atoms with Gasteiger partial charge in [-0.2, -0.15) is 10.4 Å². The predicted octanol–water partition coefficient (Wildman–Crippen LogP) is 5.60. The number of hydrogen-bond donors (Lipinski definition) is 2. The number of para-hydroxylation sites is 3. The van der Waals surface area contributed by atoms with E-state index in [0.717, 1.165) is 5.69 Å². The minimum absolute atomic E-state index is 0.124. The summed E-state index contributed by atoms with van der Waals surface area (Å²) in [6, 6.07) is 24.4. The van der Waals surface area contributed by atoms with Crippen LogP contribution < -0.4 is 0 Å². The molecule has 186 valence electrons. The number of aliphatic hydroxyl groups is 1. The van der Waals surface area contributed by atoms with Crippen LogP contribution in [0.3, 0.4) is 0 Å². The number of nitriles is 1. The topological polar surface area (TPSA) is 117 Å². The number of ether oxygens (including phenoxy) is 1. The van der Waals surface area contributed by atoms with Gasteiger partial charge in [-0.1, -0.05) is 30.3 Å². The number of carbonyl (C=O) groups is 1. The Labute approximate surface area is 216 Å². The number of aromatic nitrogens is 4. The van der Waals surface area contributed by atoms with Gasteiger partial charge in [0.1, 0.15) is 24.1 Å². The Morgan fingerprint density at radius 1 is 1.08 bits per heavy atom. The number of hydrogen-bond acceptors (Lipinski definition) is 6. The predicted molar refractivity (Wildman–Crippen MR) is 140 cm³/mol. The second kappa shape index (κ2) is 10.6. The maximum absolute atomic E-state index is 13.5. The van der Waals surface area contributed by atoms with Gasteiger partial charge in [0, 0.05) is 23.4 Å². The average Bonchev–Trinajstić information content (AvgIpc) is 3.57. The van der Waals surface area contributed by atoms with Gasteiger partial charge in [-0.3, -0.25) is 0 Å². The largest absolute Gasteiger partial charge is 0.507 e. The molecule has 0 unspecified atom stereocenters. The molecular formula is C29H20FN5O3. The van der Waals surface area contributed by atoms with Gasteiger partial charge < -0.3 is 14.8 Å². The van der Waals surface area contributed by atoms with Crippen LogP contribution >= 0.6 is 0 Å². The van der Waals surface area contributed by atoms with Crippen LogP contribution in [0, 0.1) is 17.1 Å². The van der Waals surface area contributed by atoms with E-state index in [1.807, 2.05) is 48.5 Å². The zero-order valence-corrected chi connectivity index (χ0v) is 19.9. The number of imidazole rings is 1. The molecule has 0 aliphatic rings. The van der Waals surface area contributed by atoms with Crippen molar-refractivity contribution in [1.29, 1.82) is 5.26 Å². The van der Waals surface area contributed by atoms with Crippen molar-refractivity contribution in [2.24, 2.45) is 0 Å². The molecule has 3 aromatic carbocycles. The molecule has 38 heavy (non-hydrogen) atoms. The number of H-pyrrole nitrogens is 1. The molecule has 8 nitrogen and oxygen atoms in total. The van der Waals surface area contributed by atoms with Crippen molar-refractivity contribution in [2.75, 3.05) is 6.61 Å². The highest BCUT2D eigenvalue weighted by Crippen LogP contribution is 2.25. The lowest BCUT2D eigenvalue weighted by molar-refractivity contribution is -0.137. The fourth-order valence-corrected chi connectivity index (χ4v) is 3.80. The van der Waals surface area contributed by atoms with Crippen molar-refractivity contribution >= 4 is 28.7 Å². The normalized spacial score (nSPS) is 11.9. The Bertz CT molecular complexity index is 1680. The van der Waals surface area contributed by atoms with Gasteiger partial charge in [-0.05, 0) is 54.6 Å². The first-order valence-electron chi connectivity index (χ1n) is 11.5. The van der Waals surface area contributed by atoms with E-state index >= 15 is 0 Å². The summed E-state index contributed by atoms with van der Waals surface area (Å²) in [6.45, 7) is -0.517. The number of fused-ring (bicyclic) bond motifs is 1.